The maximum atomic E-state index is 5.18. The molecule has 1 nitrogen and oxygen atoms in total. The summed E-state index contributed by atoms with van der Waals surface area (Å²) in [6, 6.07) is 23.0. The minimum absolute atomic E-state index is 0.520. The van der Waals surface area contributed by atoms with Crippen molar-refractivity contribution in [3.05, 3.63) is 131 Å². The van der Waals surface area contributed by atoms with Gasteiger partial charge in [0, 0.05) is 23.2 Å². The highest BCUT2D eigenvalue weighted by Crippen LogP contribution is 2.46. The van der Waals surface area contributed by atoms with Crippen molar-refractivity contribution in [2.45, 2.75) is 44.4 Å². The standard InChI is InChI=1S/C41H33N/c1-3-11-29-26(9-1)17-20-35-31-13-5-7-15-33(31)37(23-38(29)35)28-19-22-41(42-25-28)40-24-39-30-12-4-2-10-27(30)18-21-36(39)32-14-6-8-16-34(32)40/h1,4-6,8-9,12-14,16-26,29H,2-3,7,10-11,15H2. The van der Waals surface area contributed by atoms with Crippen molar-refractivity contribution >= 4 is 39.8 Å². The smallest absolute Gasteiger partial charge is 0.0708 e. The topological polar surface area (TPSA) is 12.9 Å². The van der Waals surface area contributed by atoms with Crippen molar-refractivity contribution < 1.29 is 0 Å². The van der Waals surface area contributed by atoms with Crippen molar-refractivity contribution in [2.75, 3.05) is 0 Å². The van der Waals surface area contributed by atoms with E-state index in [4.69, 9.17) is 4.98 Å². The molecule has 9 rings (SSSR count). The Hall–Kier alpha value is -4.49. The van der Waals surface area contributed by atoms with Gasteiger partial charge >= 0.3 is 0 Å². The molecule has 2 atom stereocenters. The normalized spacial score (nSPS) is 19.9. The zero-order chi connectivity index (χ0) is 27.6. The molecule has 0 fully saturated rings. The van der Waals surface area contributed by atoms with E-state index in [1.807, 2.05) is 0 Å². The van der Waals surface area contributed by atoms with Crippen LogP contribution in [0, 0.1) is 5.92 Å². The zero-order valence-electron chi connectivity index (χ0n) is 23.8. The summed E-state index contributed by atoms with van der Waals surface area (Å²) in [5.41, 5.74) is 13.6. The maximum Gasteiger partial charge on any atom is 0.0708 e. The molecule has 1 heterocycles. The van der Waals surface area contributed by atoms with Gasteiger partial charge in [0.25, 0.3) is 0 Å². The van der Waals surface area contributed by atoms with E-state index in [1.165, 1.54) is 84.5 Å². The van der Waals surface area contributed by atoms with E-state index >= 15 is 0 Å². The molecule has 0 N–H and O–H groups in total. The van der Waals surface area contributed by atoms with Crippen molar-refractivity contribution in [3.8, 4) is 22.4 Å². The second-order valence-electron chi connectivity index (χ2n) is 12.4. The molecule has 5 aromatic rings. The van der Waals surface area contributed by atoms with E-state index in [0.717, 1.165) is 31.4 Å². The van der Waals surface area contributed by atoms with Crippen LogP contribution in [0.25, 0.3) is 62.2 Å². The molecule has 4 aliphatic rings. The first-order valence-electron chi connectivity index (χ1n) is 15.7. The Kier molecular flexibility index (Phi) is 5.48. The van der Waals surface area contributed by atoms with E-state index in [-0.39, 0.29) is 0 Å². The molecule has 0 bridgehead atoms. The highest BCUT2D eigenvalue weighted by molar-refractivity contribution is 6.15. The van der Waals surface area contributed by atoms with Crippen LogP contribution in [0.5, 0.6) is 0 Å². The number of hydrogen-bond acceptors (Lipinski definition) is 1. The van der Waals surface area contributed by atoms with Gasteiger partial charge in [-0.25, -0.2) is 0 Å². The van der Waals surface area contributed by atoms with Gasteiger partial charge in [-0.15, -0.1) is 0 Å². The highest BCUT2D eigenvalue weighted by Gasteiger charge is 2.30. The molecular weight excluding hydrogens is 506 g/mol. The molecule has 0 saturated heterocycles. The molecule has 1 heteroatoms. The molecule has 0 aliphatic heterocycles. The number of fused-ring (bicyclic) bond motifs is 10. The first-order chi connectivity index (χ1) is 20.8. The van der Waals surface area contributed by atoms with Gasteiger partial charge in [-0.2, -0.15) is 0 Å². The average molecular weight is 540 g/mol. The predicted octanol–water partition coefficient (Wildman–Crippen LogP) is 10.7. The number of hydrogen-bond donors (Lipinski definition) is 0. The monoisotopic (exact) mass is 539 g/mol. The third-order valence-corrected chi connectivity index (χ3v) is 10.1. The van der Waals surface area contributed by atoms with Gasteiger partial charge in [0.15, 0.2) is 0 Å². The molecule has 4 aliphatic carbocycles. The van der Waals surface area contributed by atoms with Crippen LogP contribution in [0.2, 0.25) is 0 Å². The third kappa shape index (κ3) is 3.66. The van der Waals surface area contributed by atoms with Gasteiger partial charge in [-0.05, 0) is 123 Å². The lowest BCUT2D eigenvalue weighted by atomic mass is 9.71. The SMILES string of the molecule is C1=Cc2c(ccc3c2cc(-c2ccc(-c4cc5c(c6c4CCC=C6)C=CC4C=CCCC54)cn2)c2ccccc23)CC1. The van der Waals surface area contributed by atoms with Crippen LogP contribution in [0.1, 0.15) is 65.0 Å². The summed E-state index contributed by atoms with van der Waals surface area (Å²) in [5.74, 6) is 1.09. The van der Waals surface area contributed by atoms with Gasteiger partial charge in [0.2, 0.25) is 0 Å². The van der Waals surface area contributed by atoms with Gasteiger partial charge in [0.05, 0.1) is 5.69 Å². The molecule has 0 saturated carbocycles. The molecule has 0 amide bonds. The molecular formula is C41H33N. The summed E-state index contributed by atoms with van der Waals surface area (Å²) in [6.45, 7) is 0. The summed E-state index contributed by atoms with van der Waals surface area (Å²) in [5, 5.41) is 5.24. The Labute approximate surface area is 247 Å². The summed E-state index contributed by atoms with van der Waals surface area (Å²) in [7, 11) is 0. The fourth-order valence-corrected chi connectivity index (χ4v) is 8.07. The number of pyridine rings is 1. The van der Waals surface area contributed by atoms with E-state index in [1.54, 1.807) is 0 Å². The highest BCUT2D eigenvalue weighted by atomic mass is 14.7. The minimum Gasteiger partial charge on any atom is -0.256 e. The molecule has 4 aromatic carbocycles. The van der Waals surface area contributed by atoms with Crippen LogP contribution >= 0.6 is 0 Å². The third-order valence-electron chi connectivity index (χ3n) is 10.1. The Morgan fingerprint density at radius 2 is 1.48 bits per heavy atom. The predicted molar refractivity (Wildman–Crippen MR) is 178 cm³/mol. The molecule has 1 aromatic heterocycles. The fraction of sp³-hybridized carbons (Fsp3) is 0.195. The Morgan fingerprint density at radius 1 is 0.619 bits per heavy atom. The fourth-order valence-electron chi connectivity index (χ4n) is 8.07. The first-order valence-corrected chi connectivity index (χ1v) is 15.7. The van der Waals surface area contributed by atoms with E-state index in [2.05, 4.69) is 115 Å². The molecule has 202 valence electrons. The lowest BCUT2D eigenvalue weighted by Gasteiger charge is -2.33. The largest absolute Gasteiger partial charge is 0.256 e. The minimum atomic E-state index is 0.520. The lowest BCUT2D eigenvalue weighted by Crippen LogP contribution is -2.18. The van der Waals surface area contributed by atoms with Crippen LogP contribution in [0.4, 0.5) is 0 Å². The first kappa shape index (κ1) is 24.1. The Balaban J connectivity index is 1.20. The van der Waals surface area contributed by atoms with Gasteiger partial charge in [-0.1, -0.05) is 91.1 Å². The van der Waals surface area contributed by atoms with Crippen molar-refractivity contribution in [1.29, 1.82) is 0 Å². The lowest BCUT2D eigenvalue weighted by molar-refractivity contribution is 0.525. The van der Waals surface area contributed by atoms with Gasteiger partial charge < -0.3 is 0 Å². The Bertz CT molecular complexity index is 2030. The quantitative estimate of drug-likeness (QED) is 0.161. The Morgan fingerprint density at radius 3 is 2.38 bits per heavy atom. The molecule has 2 unspecified atom stereocenters. The number of nitrogens with zero attached hydrogens (tertiary/aromatic N) is 1. The summed E-state index contributed by atoms with van der Waals surface area (Å²) in [4.78, 5) is 5.18. The molecule has 42 heavy (non-hydrogen) atoms. The van der Waals surface area contributed by atoms with E-state index < -0.39 is 0 Å². The van der Waals surface area contributed by atoms with Crippen LogP contribution in [-0.2, 0) is 12.8 Å². The van der Waals surface area contributed by atoms with Gasteiger partial charge in [0.1, 0.15) is 0 Å². The number of aromatic nitrogens is 1. The molecule has 0 spiro atoms. The van der Waals surface area contributed by atoms with Crippen molar-refractivity contribution in [2.24, 2.45) is 5.92 Å². The van der Waals surface area contributed by atoms with Crippen molar-refractivity contribution in [3.63, 3.8) is 0 Å². The summed E-state index contributed by atoms with van der Waals surface area (Å²) in [6.07, 6.45) is 27.9. The van der Waals surface area contributed by atoms with Crippen LogP contribution in [0.3, 0.4) is 0 Å². The number of benzene rings is 4. The van der Waals surface area contributed by atoms with Crippen LogP contribution in [-0.4, -0.2) is 4.98 Å². The van der Waals surface area contributed by atoms with E-state index in [9.17, 15) is 0 Å². The second kappa shape index (κ2) is 9.53. The second-order valence-corrected chi connectivity index (χ2v) is 12.4. The van der Waals surface area contributed by atoms with Crippen LogP contribution < -0.4 is 0 Å². The number of rotatable bonds is 2. The van der Waals surface area contributed by atoms with Crippen molar-refractivity contribution in [1.82, 2.24) is 4.98 Å². The number of aryl methyl sites for hydroxylation is 1. The van der Waals surface area contributed by atoms with E-state index in [0.29, 0.717) is 11.8 Å². The van der Waals surface area contributed by atoms with Crippen LogP contribution in [0.15, 0.2) is 97.2 Å². The average Bonchev–Trinajstić information content (AvgIpc) is 3.07. The summed E-state index contributed by atoms with van der Waals surface area (Å²) < 4.78 is 0. The maximum absolute atomic E-state index is 5.18. The van der Waals surface area contributed by atoms with Gasteiger partial charge in [-0.3, -0.25) is 4.98 Å². The summed E-state index contributed by atoms with van der Waals surface area (Å²) >= 11 is 0. The molecule has 0 radical (unpaired) electrons. The number of allylic oxidation sites excluding steroid dienone is 5. The zero-order valence-corrected chi connectivity index (χ0v) is 23.8.